The van der Waals surface area contributed by atoms with Crippen LogP contribution in [0.25, 0.3) is 22.4 Å². The summed E-state index contributed by atoms with van der Waals surface area (Å²) < 4.78 is 18.9. The van der Waals surface area contributed by atoms with Gasteiger partial charge in [0, 0.05) is 16.7 Å². The average Bonchev–Trinajstić information content (AvgIpc) is 3.13. The van der Waals surface area contributed by atoms with Gasteiger partial charge in [-0.25, -0.2) is 9.18 Å². The van der Waals surface area contributed by atoms with Crippen LogP contribution in [-0.2, 0) is 4.74 Å². The number of ether oxygens (including phenoxy) is 1. The van der Waals surface area contributed by atoms with Gasteiger partial charge in [0.25, 0.3) is 0 Å². The number of benzene rings is 2. The van der Waals surface area contributed by atoms with Gasteiger partial charge in [-0.15, -0.1) is 0 Å². The smallest absolute Gasteiger partial charge is 0.355 e. The second-order valence-corrected chi connectivity index (χ2v) is 6.23. The first-order valence-electron chi connectivity index (χ1n) is 8.36. The summed E-state index contributed by atoms with van der Waals surface area (Å²) in [5.74, 6) is -1.20. The number of carbonyl (C=O) groups excluding carboxylic acids is 2. The van der Waals surface area contributed by atoms with Crippen molar-refractivity contribution in [1.82, 2.24) is 4.98 Å². The fourth-order valence-corrected chi connectivity index (χ4v) is 3.35. The molecule has 130 valence electrons. The molecule has 0 radical (unpaired) electrons. The minimum absolute atomic E-state index is 0.212. The predicted octanol–water partition coefficient (Wildman–Crippen LogP) is 4.52. The number of esters is 1. The molecule has 1 aliphatic rings. The molecule has 3 aromatic rings. The molecular weight excluding hydrogens is 333 g/mol. The molecule has 0 bridgehead atoms. The van der Waals surface area contributed by atoms with Gasteiger partial charge < -0.3 is 9.72 Å². The molecule has 4 nitrogen and oxygen atoms in total. The standard InChI is InChI=1S/C21H16FNO3/c1-3-26-21(25)19-16(12-6-4-11(2)5-7-12)17-18(23-19)15-10-13(22)8-9-14(15)20(17)24/h4-10,23H,3H2,1-2H3. The molecule has 0 saturated carbocycles. The number of halogens is 1. The maximum absolute atomic E-state index is 13.7. The molecule has 0 spiro atoms. The largest absolute Gasteiger partial charge is 0.461 e. The van der Waals surface area contributed by atoms with Crippen LogP contribution in [0.4, 0.5) is 4.39 Å². The van der Waals surface area contributed by atoms with Crippen LogP contribution >= 0.6 is 0 Å². The van der Waals surface area contributed by atoms with Gasteiger partial charge >= 0.3 is 5.97 Å². The van der Waals surface area contributed by atoms with E-state index in [0.717, 1.165) is 11.1 Å². The molecule has 0 fully saturated rings. The summed E-state index contributed by atoms with van der Waals surface area (Å²) in [5.41, 5.74) is 4.25. The number of aromatic nitrogens is 1. The quantitative estimate of drug-likeness (QED) is 0.553. The van der Waals surface area contributed by atoms with E-state index < -0.39 is 11.8 Å². The lowest BCUT2D eigenvalue weighted by atomic mass is 9.97. The third-order valence-corrected chi connectivity index (χ3v) is 4.54. The maximum atomic E-state index is 13.7. The third-order valence-electron chi connectivity index (χ3n) is 4.54. The fourth-order valence-electron chi connectivity index (χ4n) is 3.35. The lowest BCUT2D eigenvalue weighted by Crippen LogP contribution is -2.08. The highest BCUT2D eigenvalue weighted by molar-refractivity contribution is 6.26. The Hall–Kier alpha value is -3.21. The van der Waals surface area contributed by atoms with Gasteiger partial charge in [0.05, 0.1) is 17.9 Å². The molecule has 0 amide bonds. The van der Waals surface area contributed by atoms with E-state index in [0.29, 0.717) is 27.9 Å². The van der Waals surface area contributed by atoms with Crippen molar-refractivity contribution in [3.8, 4) is 22.4 Å². The molecule has 1 heterocycles. The third kappa shape index (κ3) is 2.36. The lowest BCUT2D eigenvalue weighted by molar-refractivity contribution is 0.0521. The molecule has 1 N–H and O–H groups in total. The molecule has 5 heteroatoms. The number of ketones is 1. The molecule has 26 heavy (non-hydrogen) atoms. The van der Waals surface area contributed by atoms with Crippen molar-refractivity contribution in [3.05, 3.63) is 70.7 Å². The summed E-state index contributed by atoms with van der Waals surface area (Å²) in [4.78, 5) is 28.4. The van der Waals surface area contributed by atoms with Crippen LogP contribution in [0.15, 0.2) is 42.5 Å². The van der Waals surface area contributed by atoms with E-state index >= 15 is 0 Å². The van der Waals surface area contributed by atoms with E-state index in [9.17, 15) is 14.0 Å². The van der Waals surface area contributed by atoms with Crippen LogP contribution in [0.2, 0.25) is 0 Å². The van der Waals surface area contributed by atoms with E-state index in [1.807, 2.05) is 31.2 Å². The highest BCUT2D eigenvalue weighted by Crippen LogP contribution is 2.43. The summed E-state index contributed by atoms with van der Waals surface area (Å²) in [5, 5.41) is 0. The van der Waals surface area contributed by atoms with Crippen LogP contribution < -0.4 is 0 Å². The minimum Gasteiger partial charge on any atom is -0.461 e. The minimum atomic E-state index is -0.539. The van der Waals surface area contributed by atoms with Crippen molar-refractivity contribution in [2.75, 3.05) is 6.61 Å². The number of aromatic amines is 1. The Morgan fingerprint density at radius 1 is 1.08 bits per heavy atom. The van der Waals surface area contributed by atoms with Gasteiger partial charge in [-0.05, 0) is 37.6 Å². The Morgan fingerprint density at radius 2 is 1.81 bits per heavy atom. The number of hydrogen-bond donors (Lipinski definition) is 1. The Kier molecular flexibility index (Phi) is 3.72. The van der Waals surface area contributed by atoms with Crippen LogP contribution in [0.1, 0.15) is 38.9 Å². The zero-order chi connectivity index (χ0) is 18.4. The van der Waals surface area contributed by atoms with Crippen LogP contribution in [0.3, 0.4) is 0 Å². The van der Waals surface area contributed by atoms with Gasteiger partial charge in [-0.2, -0.15) is 0 Å². The number of fused-ring (bicyclic) bond motifs is 3. The molecule has 1 aliphatic carbocycles. The fraction of sp³-hybridized carbons (Fsp3) is 0.143. The number of aryl methyl sites for hydroxylation is 1. The Bertz CT molecular complexity index is 1050. The number of nitrogens with one attached hydrogen (secondary N) is 1. The topological polar surface area (TPSA) is 59.2 Å². The van der Waals surface area contributed by atoms with Crippen molar-refractivity contribution >= 4 is 11.8 Å². The molecule has 0 saturated heterocycles. The predicted molar refractivity (Wildman–Crippen MR) is 95.7 cm³/mol. The first-order chi connectivity index (χ1) is 12.5. The van der Waals surface area contributed by atoms with Crippen LogP contribution in [-0.4, -0.2) is 23.3 Å². The second kappa shape index (κ2) is 5.95. The molecular formula is C21H16FNO3. The maximum Gasteiger partial charge on any atom is 0.355 e. The monoisotopic (exact) mass is 349 g/mol. The second-order valence-electron chi connectivity index (χ2n) is 6.23. The van der Waals surface area contributed by atoms with E-state index in [-0.39, 0.29) is 18.1 Å². The molecule has 2 aromatic carbocycles. The van der Waals surface area contributed by atoms with Crippen molar-refractivity contribution in [2.45, 2.75) is 13.8 Å². The van der Waals surface area contributed by atoms with Crippen LogP contribution in [0, 0.1) is 12.7 Å². The van der Waals surface area contributed by atoms with Crippen molar-refractivity contribution in [3.63, 3.8) is 0 Å². The summed E-state index contributed by atoms with van der Waals surface area (Å²) in [6, 6.07) is 11.6. The van der Waals surface area contributed by atoms with E-state index in [4.69, 9.17) is 4.74 Å². The number of rotatable bonds is 3. The Balaban J connectivity index is 2.00. The zero-order valence-electron chi connectivity index (χ0n) is 14.4. The van der Waals surface area contributed by atoms with E-state index in [2.05, 4.69) is 4.98 Å². The van der Waals surface area contributed by atoms with Gasteiger partial charge in [0.1, 0.15) is 11.5 Å². The SMILES string of the molecule is CCOC(=O)c1[nH]c2c(c1-c1ccc(C)cc1)C(=O)c1ccc(F)cc1-2. The Morgan fingerprint density at radius 3 is 2.50 bits per heavy atom. The summed E-state index contributed by atoms with van der Waals surface area (Å²) in [7, 11) is 0. The summed E-state index contributed by atoms with van der Waals surface area (Å²) >= 11 is 0. The Labute approximate surface area is 149 Å². The zero-order valence-corrected chi connectivity index (χ0v) is 14.4. The number of carbonyl (C=O) groups is 2. The normalized spacial score (nSPS) is 12.0. The number of hydrogen-bond acceptors (Lipinski definition) is 3. The highest BCUT2D eigenvalue weighted by atomic mass is 19.1. The van der Waals surface area contributed by atoms with Crippen molar-refractivity contribution in [2.24, 2.45) is 0 Å². The molecule has 4 rings (SSSR count). The van der Waals surface area contributed by atoms with Crippen molar-refractivity contribution < 1.29 is 18.7 Å². The summed E-state index contributed by atoms with van der Waals surface area (Å²) in [6.07, 6.45) is 0. The first-order valence-corrected chi connectivity index (χ1v) is 8.36. The molecule has 0 aliphatic heterocycles. The van der Waals surface area contributed by atoms with Crippen LogP contribution in [0.5, 0.6) is 0 Å². The van der Waals surface area contributed by atoms with E-state index in [1.165, 1.54) is 18.2 Å². The number of H-pyrrole nitrogens is 1. The van der Waals surface area contributed by atoms with Gasteiger partial charge in [0.15, 0.2) is 5.78 Å². The lowest BCUT2D eigenvalue weighted by Gasteiger charge is -2.07. The molecule has 0 unspecified atom stereocenters. The van der Waals surface area contributed by atoms with Gasteiger partial charge in [-0.1, -0.05) is 29.8 Å². The highest BCUT2D eigenvalue weighted by Gasteiger charge is 2.36. The van der Waals surface area contributed by atoms with Gasteiger partial charge in [0.2, 0.25) is 0 Å². The van der Waals surface area contributed by atoms with Gasteiger partial charge in [-0.3, -0.25) is 4.79 Å². The molecule has 1 aromatic heterocycles. The van der Waals surface area contributed by atoms with E-state index in [1.54, 1.807) is 6.92 Å². The average molecular weight is 349 g/mol. The summed E-state index contributed by atoms with van der Waals surface area (Å²) in [6.45, 7) is 3.90. The molecule has 0 atom stereocenters. The first kappa shape index (κ1) is 16.3. The van der Waals surface area contributed by atoms with Crippen molar-refractivity contribution in [1.29, 1.82) is 0 Å².